The number of aryl methyl sites for hydroxylation is 2. The van der Waals surface area contributed by atoms with Gasteiger partial charge >= 0.3 is 0 Å². The van der Waals surface area contributed by atoms with E-state index in [4.69, 9.17) is 9.47 Å². The van der Waals surface area contributed by atoms with Gasteiger partial charge in [-0.25, -0.2) is 0 Å². The summed E-state index contributed by atoms with van der Waals surface area (Å²) in [6.07, 6.45) is 3.45. The number of fused-ring (bicyclic) bond motifs is 1. The fraction of sp³-hybridized carbons (Fsp3) is 0.429. The Labute approximate surface area is 159 Å². The summed E-state index contributed by atoms with van der Waals surface area (Å²) in [6, 6.07) is 7.06. The number of anilines is 1. The van der Waals surface area contributed by atoms with Crippen LogP contribution in [0, 0.1) is 12.8 Å². The highest BCUT2D eigenvalue weighted by Crippen LogP contribution is 2.32. The number of amides is 1. The minimum atomic E-state index is -0.411. The van der Waals surface area contributed by atoms with Crippen molar-refractivity contribution in [2.75, 3.05) is 18.5 Å². The molecular weight excluding hydrogens is 344 g/mol. The molecule has 0 saturated heterocycles. The molecule has 1 N–H and O–H groups in total. The molecule has 1 aliphatic heterocycles. The predicted octanol–water partition coefficient (Wildman–Crippen LogP) is 3.62. The summed E-state index contributed by atoms with van der Waals surface area (Å²) in [7, 11) is 0. The van der Waals surface area contributed by atoms with Crippen molar-refractivity contribution in [3.8, 4) is 11.5 Å². The van der Waals surface area contributed by atoms with E-state index in [1.165, 1.54) is 0 Å². The van der Waals surface area contributed by atoms with E-state index in [1.807, 2.05) is 6.07 Å². The number of benzene rings is 1. The van der Waals surface area contributed by atoms with Gasteiger partial charge in [-0.3, -0.25) is 9.59 Å². The van der Waals surface area contributed by atoms with Gasteiger partial charge in [0.05, 0.1) is 13.2 Å². The highest BCUT2D eigenvalue weighted by atomic mass is 16.5. The SMILES string of the molecule is Cc1ccn(CCC(C)C)c(=O)c1C(=O)Nc1ccc2c(c1)OCCCO2. The Hall–Kier alpha value is -2.76. The molecule has 2 heterocycles. The van der Waals surface area contributed by atoms with Crippen LogP contribution in [0.5, 0.6) is 11.5 Å². The molecule has 3 rings (SSSR count). The Kier molecular flexibility index (Phi) is 5.84. The Morgan fingerprint density at radius 3 is 2.67 bits per heavy atom. The largest absolute Gasteiger partial charge is 0.490 e. The predicted molar refractivity (Wildman–Crippen MR) is 105 cm³/mol. The maximum absolute atomic E-state index is 12.8. The fourth-order valence-electron chi connectivity index (χ4n) is 2.95. The summed E-state index contributed by atoms with van der Waals surface area (Å²) in [5.41, 5.74) is 1.14. The van der Waals surface area contributed by atoms with E-state index in [0.29, 0.717) is 48.4 Å². The van der Waals surface area contributed by atoms with Crippen molar-refractivity contribution < 1.29 is 14.3 Å². The van der Waals surface area contributed by atoms with Crippen LogP contribution in [0.2, 0.25) is 0 Å². The summed E-state index contributed by atoms with van der Waals surface area (Å²) in [6.45, 7) is 7.77. The number of carbonyl (C=O) groups excluding carboxylic acids is 1. The van der Waals surface area contributed by atoms with E-state index in [0.717, 1.165) is 12.8 Å². The Bertz CT molecular complexity index is 886. The summed E-state index contributed by atoms with van der Waals surface area (Å²) in [4.78, 5) is 25.6. The number of aromatic nitrogens is 1. The first kappa shape index (κ1) is 19.0. The number of rotatable bonds is 5. The summed E-state index contributed by atoms with van der Waals surface area (Å²) >= 11 is 0. The second-order valence-electron chi connectivity index (χ2n) is 7.22. The van der Waals surface area contributed by atoms with Gasteiger partial charge in [0, 0.05) is 30.9 Å². The normalized spacial score (nSPS) is 13.3. The average molecular weight is 370 g/mol. The molecule has 144 valence electrons. The molecule has 1 aromatic heterocycles. The van der Waals surface area contributed by atoms with Gasteiger partial charge in [0.2, 0.25) is 0 Å². The van der Waals surface area contributed by atoms with Gasteiger partial charge in [0.25, 0.3) is 11.5 Å². The van der Waals surface area contributed by atoms with Crippen molar-refractivity contribution in [2.45, 2.75) is 40.2 Å². The fourth-order valence-corrected chi connectivity index (χ4v) is 2.95. The van der Waals surface area contributed by atoms with Crippen LogP contribution in [0.3, 0.4) is 0 Å². The molecule has 27 heavy (non-hydrogen) atoms. The number of hydrogen-bond acceptors (Lipinski definition) is 4. The van der Waals surface area contributed by atoms with Crippen LogP contribution in [0.1, 0.15) is 42.6 Å². The Balaban J connectivity index is 1.83. The molecule has 0 unspecified atom stereocenters. The van der Waals surface area contributed by atoms with Crippen molar-refractivity contribution in [2.24, 2.45) is 5.92 Å². The molecule has 1 aliphatic rings. The molecule has 0 fully saturated rings. The van der Waals surface area contributed by atoms with E-state index in [9.17, 15) is 9.59 Å². The molecular formula is C21H26N2O4. The Morgan fingerprint density at radius 1 is 1.19 bits per heavy atom. The van der Waals surface area contributed by atoms with Crippen molar-refractivity contribution in [3.63, 3.8) is 0 Å². The highest BCUT2D eigenvalue weighted by Gasteiger charge is 2.18. The van der Waals surface area contributed by atoms with Gasteiger partial charge in [-0.05, 0) is 43.0 Å². The molecule has 0 spiro atoms. The van der Waals surface area contributed by atoms with Crippen LogP contribution < -0.4 is 20.3 Å². The maximum atomic E-state index is 12.8. The monoisotopic (exact) mass is 370 g/mol. The molecule has 1 aromatic carbocycles. The smallest absolute Gasteiger partial charge is 0.263 e. The lowest BCUT2D eigenvalue weighted by molar-refractivity contribution is 0.102. The van der Waals surface area contributed by atoms with E-state index in [-0.39, 0.29) is 11.1 Å². The molecule has 2 aromatic rings. The van der Waals surface area contributed by atoms with Crippen molar-refractivity contribution >= 4 is 11.6 Å². The number of pyridine rings is 1. The zero-order valence-electron chi connectivity index (χ0n) is 16.1. The van der Waals surface area contributed by atoms with E-state index in [1.54, 1.807) is 35.9 Å². The number of ether oxygens (including phenoxy) is 2. The minimum absolute atomic E-state index is 0.174. The third-order valence-electron chi connectivity index (χ3n) is 4.55. The first-order chi connectivity index (χ1) is 13.0. The van der Waals surface area contributed by atoms with Crippen LogP contribution in [0.25, 0.3) is 0 Å². The molecule has 6 heteroatoms. The zero-order valence-corrected chi connectivity index (χ0v) is 16.1. The average Bonchev–Trinajstić information content (AvgIpc) is 2.86. The number of nitrogens with one attached hydrogen (secondary N) is 1. The third-order valence-corrected chi connectivity index (χ3v) is 4.55. The third kappa shape index (κ3) is 4.51. The van der Waals surface area contributed by atoms with E-state index < -0.39 is 5.91 Å². The summed E-state index contributed by atoms with van der Waals surface area (Å²) < 4.78 is 12.9. The number of carbonyl (C=O) groups is 1. The molecule has 0 bridgehead atoms. The first-order valence-corrected chi connectivity index (χ1v) is 9.36. The highest BCUT2D eigenvalue weighted by molar-refractivity contribution is 6.05. The van der Waals surface area contributed by atoms with Gasteiger partial charge in [0.15, 0.2) is 11.5 Å². The molecule has 0 radical (unpaired) electrons. The minimum Gasteiger partial charge on any atom is -0.490 e. The molecule has 6 nitrogen and oxygen atoms in total. The van der Waals surface area contributed by atoms with Gasteiger partial charge in [-0.2, -0.15) is 0 Å². The van der Waals surface area contributed by atoms with Crippen LogP contribution in [0.4, 0.5) is 5.69 Å². The lowest BCUT2D eigenvalue weighted by Gasteiger charge is -2.13. The molecule has 0 saturated carbocycles. The van der Waals surface area contributed by atoms with Crippen LogP contribution >= 0.6 is 0 Å². The van der Waals surface area contributed by atoms with Crippen molar-refractivity contribution in [1.29, 1.82) is 0 Å². The molecule has 0 atom stereocenters. The summed E-state index contributed by atoms with van der Waals surface area (Å²) in [5.74, 6) is 1.34. The number of hydrogen-bond donors (Lipinski definition) is 1. The van der Waals surface area contributed by atoms with Crippen molar-refractivity contribution in [3.05, 3.63) is 51.9 Å². The second-order valence-corrected chi connectivity index (χ2v) is 7.22. The number of nitrogens with zero attached hydrogens (tertiary/aromatic N) is 1. The molecule has 0 aliphatic carbocycles. The first-order valence-electron chi connectivity index (χ1n) is 9.36. The zero-order chi connectivity index (χ0) is 19.4. The quantitative estimate of drug-likeness (QED) is 0.873. The summed E-state index contributed by atoms with van der Waals surface area (Å²) in [5, 5.41) is 2.81. The van der Waals surface area contributed by atoms with E-state index >= 15 is 0 Å². The Morgan fingerprint density at radius 2 is 1.93 bits per heavy atom. The lowest BCUT2D eigenvalue weighted by atomic mass is 10.1. The van der Waals surface area contributed by atoms with Gasteiger partial charge in [-0.1, -0.05) is 13.8 Å². The van der Waals surface area contributed by atoms with Crippen LogP contribution in [-0.4, -0.2) is 23.7 Å². The molecule has 1 amide bonds. The van der Waals surface area contributed by atoms with E-state index in [2.05, 4.69) is 19.2 Å². The van der Waals surface area contributed by atoms with Crippen LogP contribution in [0.15, 0.2) is 35.3 Å². The van der Waals surface area contributed by atoms with Gasteiger partial charge in [-0.15, -0.1) is 0 Å². The lowest BCUT2D eigenvalue weighted by Crippen LogP contribution is -2.30. The standard InChI is InChI=1S/C21H26N2O4/c1-14(2)7-9-23-10-8-15(3)19(21(23)25)20(24)22-16-5-6-17-18(13-16)27-12-4-11-26-17/h5-6,8,10,13-14H,4,7,9,11-12H2,1-3H3,(H,22,24). The van der Waals surface area contributed by atoms with Crippen LogP contribution in [-0.2, 0) is 6.54 Å². The van der Waals surface area contributed by atoms with Crippen molar-refractivity contribution in [1.82, 2.24) is 4.57 Å². The second kappa shape index (κ2) is 8.29. The van der Waals surface area contributed by atoms with Gasteiger partial charge in [0.1, 0.15) is 5.56 Å². The maximum Gasteiger partial charge on any atom is 0.263 e. The topological polar surface area (TPSA) is 69.6 Å². The van der Waals surface area contributed by atoms with Gasteiger partial charge < -0.3 is 19.4 Å².